The van der Waals surface area contributed by atoms with E-state index in [1.165, 1.54) is 0 Å². The Hall–Kier alpha value is -2.95. The van der Waals surface area contributed by atoms with Crippen LogP contribution in [-0.4, -0.2) is 23.6 Å². The van der Waals surface area contributed by atoms with Gasteiger partial charge < -0.3 is 18.9 Å². The summed E-state index contributed by atoms with van der Waals surface area (Å²) in [6, 6.07) is 11.4. The molecule has 0 amide bonds. The Morgan fingerprint density at radius 1 is 1.00 bits per heavy atom. The van der Waals surface area contributed by atoms with Crippen LogP contribution in [-0.2, 0) is 0 Å². The maximum atomic E-state index is 12.5. The monoisotopic (exact) mass is 294 g/mol. The lowest BCUT2D eigenvalue weighted by Gasteiger charge is -2.05. The van der Waals surface area contributed by atoms with Crippen LogP contribution in [0.3, 0.4) is 0 Å². The number of rotatable bonds is 2. The van der Waals surface area contributed by atoms with Gasteiger partial charge in [0.15, 0.2) is 0 Å². The van der Waals surface area contributed by atoms with E-state index in [2.05, 4.69) is 4.98 Å². The maximum absolute atomic E-state index is 12.5. The second-order valence-electron chi connectivity index (χ2n) is 5.14. The molecule has 0 spiro atoms. The molecule has 0 aliphatic carbocycles. The Morgan fingerprint density at radius 2 is 1.73 bits per heavy atom. The molecule has 0 fully saturated rings. The van der Waals surface area contributed by atoms with Gasteiger partial charge >= 0.3 is 0 Å². The van der Waals surface area contributed by atoms with Crippen LogP contribution in [0.1, 0.15) is 0 Å². The van der Waals surface area contributed by atoms with Gasteiger partial charge in [0.1, 0.15) is 17.0 Å². The van der Waals surface area contributed by atoms with Crippen molar-refractivity contribution in [2.24, 2.45) is 0 Å². The SMILES string of the molecule is COc1ccc2c(c1)[nH]c(=O)c1c3cc(OC)ccc3cn21. The molecule has 0 atom stereocenters. The van der Waals surface area contributed by atoms with Crippen molar-refractivity contribution in [3.63, 3.8) is 0 Å². The number of aromatic nitrogens is 2. The van der Waals surface area contributed by atoms with Crippen molar-refractivity contribution in [3.05, 3.63) is 52.9 Å². The largest absolute Gasteiger partial charge is 0.497 e. The molecule has 22 heavy (non-hydrogen) atoms. The highest BCUT2D eigenvalue weighted by Crippen LogP contribution is 2.27. The molecule has 5 nitrogen and oxygen atoms in total. The summed E-state index contributed by atoms with van der Waals surface area (Å²) in [5, 5.41) is 1.87. The Balaban J connectivity index is 2.19. The van der Waals surface area contributed by atoms with Gasteiger partial charge in [-0.2, -0.15) is 0 Å². The number of hydrogen-bond acceptors (Lipinski definition) is 3. The lowest BCUT2D eigenvalue weighted by atomic mass is 10.2. The van der Waals surface area contributed by atoms with E-state index in [-0.39, 0.29) is 5.56 Å². The van der Waals surface area contributed by atoms with Crippen LogP contribution in [0, 0.1) is 0 Å². The number of aromatic amines is 1. The molecule has 0 bridgehead atoms. The molecule has 4 aromatic rings. The Morgan fingerprint density at radius 3 is 2.50 bits per heavy atom. The van der Waals surface area contributed by atoms with Gasteiger partial charge in [-0.1, -0.05) is 0 Å². The minimum atomic E-state index is -0.135. The number of nitrogens with one attached hydrogen (secondary N) is 1. The van der Waals surface area contributed by atoms with Crippen LogP contribution in [0.5, 0.6) is 11.5 Å². The van der Waals surface area contributed by atoms with E-state index in [1.807, 2.05) is 47.0 Å². The molecular formula is C17H14N2O3. The molecule has 2 heterocycles. The summed E-state index contributed by atoms with van der Waals surface area (Å²) in [6.07, 6.45) is 1.97. The van der Waals surface area contributed by atoms with Crippen LogP contribution in [0.25, 0.3) is 27.3 Å². The highest BCUT2D eigenvalue weighted by Gasteiger charge is 2.11. The van der Waals surface area contributed by atoms with Crippen molar-refractivity contribution >= 4 is 27.3 Å². The maximum Gasteiger partial charge on any atom is 0.273 e. The van der Waals surface area contributed by atoms with Crippen molar-refractivity contribution in [1.82, 2.24) is 9.38 Å². The molecule has 0 aliphatic heterocycles. The van der Waals surface area contributed by atoms with Crippen LogP contribution >= 0.6 is 0 Å². The van der Waals surface area contributed by atoms with E-state index >= 15 is 0 Å². The van der Waals surface area contributed by atoms with Crippen LogP contribution in [0.4, 0.5) is 0 Å². The number of methoxy groups -OCH3 is 2. The van der Waals surface area contributed by atoms with Crippen molar-refractivity contribution < 1.29 is 9.47 Å². The molecular weight excluding hydrogens is 280 g/mol. The second kappa shape index (κ2) is 4.53. The normalized spacial score (nSPS) is 11.4. The van der Waals surface area contributed by atoms with Gasteiger partial charge in [-0.05, 0) is 30.3 Å². The zero-order valence-electron chi connectivity index (χ0n) is 12.2. The molecule has 2 aromatic carbocycles. The third-order valence-corrected chi connectivity index (χ3v) is 3.95. The first kappa shape index (κ1) is 12.8. The van der Waals surface area contributed by atoms with Crippen LogP contribution < -0.4 is 15.0 Å². The molecule has 0 saturated heterocycles. The van der Waals surface area contributed by atoms with E-state index < -0.39 is 0 Å². The van der Waals surface area contributed by atoms with Gasteiger partial charge in [-0.3, -0.25) is 4.79 Å². The molecule has 0 radical (unpaired) electrons. The van der Waals surface area contributed by atoms with Crippen molar-refractivity contribution in [3.8, 4) is 11.5 Å². The highest BCUT2D eigenvalue weighted by atomic mass is 16.5. The van der Waals surface area contributed by atoms with Gasteiger partial charge in [0.2, 0.25) is 0 Å². The van der Waals surface area contributed by atoms with E-state index in [9.17, 15) is 4.79 Å². The van der Waals surface area contributed by atoms with Gasteiger partial charge in [0, 0.05) is 23.0 Å². The minimum absolute atomic E-state index is 0.135. The Bertz CT molecular complexity index is 1080. The van der Waals surface area contributed by atoms with Crippen LogP contribution in [0.2, 0.25) is 0 Å². The van der Waals surface area contributed by atoms with E-state index in [0.29, 0.717) is 11.3 Å². The zero-order chi connectivity index (χ0) is 15.3. The standard InChI is InChI=1S/C17H14N2O3/c1-21-11-4-3-10-9-19-15-6-5-12(22-2)8-14(15)18-17(20)16(19)13(10)7-11/h3-9H,1-2H3,(H,18,20). The summed E-state index contributed by atoms with van der Waals surface area (Å²) in [4.78, 5) is 15.4. The fraction of sp³-hybridized carbons (Fsp3) is 0.118. The molecule has 0 aliphatic rings. The molecule has 5 heteroatoms. The molecule has 2 aromatic heterocycles. The van der Waals surface area contributed by atoms with Gasteiger partial charge in [-0.15, -0.1) is 0 Å². The third kappa shape index (κ3) is 1.69. The van der Waals surface area contributed by atoms with Gasteiger partial charge in [0.25, 0.3) is 5.56 Å². The Kier molecular flexibility index (Phi) is 2.63. The predicted molar refractivity (Wildman–Crippen MR) is 86.1 cm³/mol. The van der Waals surface area contributed by atoms with E-state index in [1.54, 1.807) is 14.2 Å². The summed E-state index contributed by atoms with van der Waals surface area (Å²) in [5.41, 5.74) is 2.14. The average Bonchev–Trinajstić information content (AvgIpc) is 2.93. The number of benzene rings is 2. The first-order valence-electron chi connectivity index (χ1n) is 6.90. The number of nitrogens with zero attached hydrogens (tertiary/aromatic N) is 1. The fourth-order valence-corrected chi connectivity index (χ4v) is 2.87. The fourth-order valence-electron chi connectivity index (χ4n) is 2.87. The first-order valence-corrected chi connectivity index (χ1v) is 6.90. The first-order chi connectivity index (χ1) is 10.7. The summed E-state index contributed by atoms with van der Waals surface area (Å²) in [6.45, 7) is 0. The van der Waals surface area contributed by atoms with Crippen molar-refractivity contribution in [2.45, 2.75) is 0 Å². The van der Waals surface area contributed by atoms with Crippen molar-refractivity contribution in [1.29, 1.82) is 0 Å². The zero-order valence-corrected chi connectivity index (χ0v) is 12.2. The summed E-state index contributed by atoms with van der Waals surface area (Å²) < 4.78 is 12.4. The minimum Gasteiger partial charge on any atom is -0.497 e. The van der Waals surface area contributed by atoms with E-state index in [0.717, 1.165) is 27.6 Å². The van der Waals surface area contributed by atoms with Crippen molar-refractivity contribution in [2.75, 3.05) is 14.2 Å². The van der Waals surface area contributed by atoms with Crippen LogP contribution in [0.15, 0.2) is 47.4 Å². The number of fused-ring (bicyclic) bond motifs is 5. The number of hydrogen-bond donors (Lipinski definition) is 1. The van der Waals surface area contributed by atoms with Gasteiger partial charge in [0.05, 0.1) is 25.3 Å². The molecule has 0 unspecified atom stereocenters. The summed E-state index contributed by atoms with van der Waals surface area (Å²) in [7, 11) is 3.22. The predicted octanol–water partition coefficient (Wildman–Crippen LogP) is 2.95. The quantitative estimate of drug-likeness (QED) is 0.618. The number of ether oxygens (including phenoxy) is 2. The van der Waals surface area contributed by atoms with Gasteiger partial charge in [-0.25, -0.2) is 0 Å². The molecule has 110 valence electrons. The second-order valence-corrected chi connectivity index (χ2v) is 5.14. The lowest BCUT2D eigenvalue weighted by molar-refractivity contribution is 0.415. The topological polar surface area (TPSA) is 55.7 Å². The third-order valence-electron chi connectivity index (χ3n) is 3.95. The average molecular weight is 294 g/mol. The Labute approximate surface area is 125 Å². The summed E-state index contributed by atoms with van der Waals surface area (Å²) >= 11 is 0. The molecule has 1 N–H and O–H groups in total. The molecule has 0 saturated carbocycles. The summed E-state index contributed by atoms with van der Waals surface area (Å²) in [5.74, 6) is 1.44. The molecule has 4 rings (SSSR count). The lowest BCUT2D eigenvalue weighted by Crippen LogP contribution is -2.09. The number of H-pyrrole nitrogens is 1. The highest BCUT2D eigenvalue weighted by molar-refractivity contribution is 6.00. The van der Waals surface area contributed by atoms with E-state index in [4.69, 9.17) is 9.47 Å². The smallest absolute Gasteiger partial charge is 0.273 e.